The number of likely N-dealkylation sites (tertiary alicyclic amines) is 1. The first-order valence-corrected chi connectivity index (χ1v) is 7.35. The largest absolute Gasteiger partial charge is 0.330 e. The van der Waals surface area contributed by atoms with Crippen LogP contribution in [0.1, 0.15) is 24.8 Å². The predicted octanol–water partition coefficient (Wildman–Crippen LogP) is 3.04. The maximum absolute atomic E-state index is 10.6. The molecule has 0 atom stereocenters. The lowest BCUT2D eigenvalue weighted by atomic mass is 9.97. The van der Waals surface area contributed by atoms with Crippen LogP contribution in [-0.4, -0.2) is 36.0 Å². The van der Waals surface area contributed by atoms with Gasteiger partial charge in [0, 0.05) is 12.1 Å². The van der Waals surface area contributed by atoms with Crippen molar-refractivity contribution in [1.29, 1.82) is 0 Å². The first-order valence-electron chi connectivity index (χ1n) is 7.35. The minimum atomic E-state index is -0.356. The number of nitrogens with two attached hydrogens (primary N) is 1. The second kappa shape index (κ2) is 10.8. The highest BCUT2D eigenvalue weighted by Crippen LogP contribution is 2.17. The van der Waals surface area contributed by atoms with Crippen molar-refractivity contribution in [3.8, 4) is 0 Å². The third-order valence-corrected chi connectivity index (χ3v) is 4.13. The van der Waals surface area contributed by atoms with E-state index in [4.69, 9.17) is 5.73 Å². The number of hydrogen-bond acceptors (Lipinski definition) is 4. The van der Waals surface area contributed by atoms with Crippen LogP contribution in [0.5, 0.6) is 0 Å². The molecule has 7 heteroatoms. The summed E-state index contributed by atoms with van der Waals surface area (Å²) >= 11 is 0. The molecule has 1 fully saturated rings. The number of piperidine rings is 1. The van der Waals surface area contributed by atoms with E-state index in [0.717, 1.165) is 39.0 Å². The van der Waals surface area contributed by atoms with E-state index in [0.29, 0.717) is 5.92 Å². The zero-order valence-corrected chi connectivity index (χ0v) is 14.3. The van der Waals surface area contributed by atoms with Crippen LogP contribution in [0.4, 0.5) is 5.69 Å². The van der Waals surface area contributed by atoms with Crippen molar-refractivity contribution in [3.05, 3.63) is 39.9 Å². The molecule has 2 N–H and O–H groups in total. The predicted molar refractivity (Wildman–Crippen MR) is 94.1 cm³/mol. The fourth-order valence-electron chi connectivity index (χ4n) is 2.74. The summed E-state index contributed by atoms with van der Waals surface area (Å²) in [6, 6.07) is 6.89. The third kappa shape index (κ3) is 6.48. The Kier molecular flexibility index (Phi) is 10.3. The molecule has 0 radical (unpaired) electrons. The first-order chi connectivity index (χ1) is 9.69. The summed E-state index contributed by atoms with van der Waals surface area (Å²) in [4.78, 5) is 12.7. The topological polar surface area (TPSA) is 72.4 Å². The van der Waals surface area contributed by atoms with Crippen LogP contribution in [0.25, 0.3) is 0 Å². The molecule has 126 valence electrons. The van der Waals surface area contributed by atoms with E-state index in [1.54, 1.807) is 12.1 Å². The molecule has 0 aliphatic carbocycles. The molecule has 1 aliphatic heterocycles. The fourth-order valence-corrected chi connectivity index (χ4v) is 2.74. The minimum absolute atomic E-state index is 0. The van der Waals surface area contributed by atoms with Gasteiger partial charge < -0.3 is 10.6 Å². The van der Waals surface area contributed by atoms with Gasteiger partial charge in [-0.3, -0.25) is 10.1 Å². The van der Waals surface area contributed by atoms with Gasteiger partial charge in [0.2, 0.25) is 0 Å². The lowest BCUT2D eigenvalue weighted by molar-refractivity contribution is -0.384. The molecule has 1 aliphatic rings. The van der Waals surface area contributed by atoms with Gasteiger partial charge in [-0.05, 0) is 63.3 Å². The average molecular weight is 350 g/mol. The van der Waals surface area contributed by atoms with Crippen LogP contribution in [0.15, 0.2) is 24.3 Å². The summed E-state index contributed by atoms with van der Waals surface area (Å²) in [5.74, 6) is 0.709. The van der Waals surface area contributed by atoms with E-state index in [-0.39, 0.29) is 35.4 Å². The number of nitrogens with zero attached hydrogens (tertiary/aromatic N) is 2. The molecule has 0 bridgehead atoms. The standard InChI is InChI=1S/C15H23N3O2.2ClH/c16-12-14-7-10-17(11-8-14)9-1-2-13-3-5-15(6-4-13)18(19)20;;/h3-6,14H,1-2,7-12,16H2;2*1H. The van der Waals surface area contributed by atoms with Crippen LogP contribution in [0, 0.1) is 16.0 Å². The van der Waals surface area contributed by atoms with Crippen molar-refractivity contribution in [3.63, 3.8) is 0 Å². The first kappa shape index (κ1) is 21.1. The Labute approximate surface area is 144 Å². The van der Waals surface area contributed by atoms with E-state index in [2.05, 4.69) is 4.90 Å². The number of aryl methyl sites for hydroxylation is 1. The number of hydrogen-bond donors (Lipinski definition) is 1. The third-order valence-electron chi connectivity index (χ3n) is 4.13. The molecule has 1 aromatic carbocycles. The highest BCUT2D eigenvalue weighted by atomic mass is 35.5. The Morgan fingerprint density at radius 1 is 1.18 bits per heavy atom. The minimum Gasteiger partial charge on any atom is -0.330 e. The Morgan fingerprint density at radius 2 is 1.77 bits per heavy atom. The second-order valence-electron chi connectivity index (χ2n) is 5.55. The van der Waals surface area contributed by atoms with Gasteiger partial charge in [0.15, 0.2) is 0 Å². The van der Waals surface area contributed by atoms with E-state index in [9.17, 15) is 10.1 Å². The quantitative estimate of drug-likeness (QED) is 0.632. The summed E-state index contributed by atoms with van der Waals surface area (Å²) in [7, 11) is 0. The van der Waals surface area contributed by atoms with Crippen molar-refractivity contribution in [1.82, 2.24) is 4.90 Å². The molecular weight excluding hydrogens is 325 g/mol. The molecule has 1 saturated heterocycles. The van der Waals surface area contributed by atoms with Gasteiger partial charge in [-0.25, -0.2) is 0 Å². The highest BCUT2D eigenvalue weighted by Gasteiger charge is 2.17. The summed E-state index contributed by atoms with van der Waals surface area (Å²) in [6.45, 7) is 4.23. The van der Waals surface area contributed by atoms with Crippen LogP contribution in [-0.2, 0) is 6.42 Å². The molecule has 22 heavy (non-hydrogen) atoms. The smallest absolute Gasteiger partial charge is 0.269 e. The Bertz CT molecular complexity index is 435. The molecule has 5 nitrogen and oxygen atoms in total. The Morgan fingerprint density at radius 3 is 2.27 bits per heavy atom. The molecule has 2 rings (SSSR count). The molecule has 0 saturated carbocycles. The van der Waals surface area contributed by atoms with Gasteiger partial charge in [-0.15, -0.1) is 24.8 Å². The number of non-ortho nitro benzene ring substituents is 1. The van der Waals surface area contributed by atoms with Crippen molar-refractivity contribution in [2.45, 2.75) is 25.7 Å². The average Bonchev–Trinajstić information content (AvgIpc) is 2.48. The second-order valence-corrected chi connectivity index (χ2v) is 5.55. The van der Waals surface area contributed by atoms with E-state index < -0.39 is 0 Å². The van der Waals surface area contributed by atoms with Gasteiger partial charge in [0.1, 0.15) is 0 Å². The van der Waals surface area contributed by atoms with Crippen molar-refractivity contribution >= 4 is 30.5 Å². The van der Waals surface area contributed by atoms with Crippen molar-refractivity contribution in [2.24, 2.45) is 11.7 Å². The lowest BCUT2D eigenvalue weighted by Gasteiger charge is -2.31. The van der Waals surface area contributed by atoms with E-state index in [1.165, 1.54) is 18.4 Å². The molecular formula is C15H25Cl2N3O2. The highest BCUT2D eigenvalue weighted by molar-refractivity contribution is 5.85. The summed E-state index contributed by atoms with van der Waals surface area (Å²) in [6.07, 6.45) is 4.52. The van der Waals surface area contributed by atoms with Crippen LogP contribution < -0.4 is 5.73 Å². The lowest BCUT2D eigenvalue weighted by Crippen LogP contribution is -2.36. The summed E-state index contributed by atoms with van der Waals surface area (Å²) in [5.41, 5.74) is 7.03. The zero-order valence-electron chi connectivity index (χ0n) is 12.6. The molecule has 0 amide bonds. The van der Waals surface area contributed by atoms with Crippen LogP contribution in [0.2, 0.25) is 0 Å². The number of benzene rings is 1. The normalized spacial score (nSPS) is 15.7. The fraction of sp³-hybridized carbons (Fsp3) is 0.600. The number of nitro groups is 1. The van der Waals surface area contributed by atoms with Gasteiger partial charge in [-0.1, -0.05) is 12.1 Å². The van der Waals surface area contributed by atoms with Crippen LogP contribution >= 0.6 is 24.8 Å². The molecule has 1 aromatic rings. The van der Waals surface area contributed by atoms with Gasteiger partial charge in [0.05, 0.1) is 4.92 Å². The number of nitro benzene ring substituents is 1. The number of halogens is 2. The van der Waals surface area contributed by atoms with Gasteiger partial charge >= 0.3 is 0 Å². The maximum atomic E-state index is 10.6. The number of rotatable bonds is 6. The van der Waals surface area contributed by atoms with E-state index in [1.807, 2.05) is 12.1 Å². The molecule has 0 spiro atoms. The Hall–Kier alpha value is -0.880. The van der Waals surface area contributed by atoms with Gasteiger partial charge in [-0.2, -0.15) is 0 Å². The molecule has 0 aromatic heterocycles. The Balaban J connectivity index is 0.00000220. The van der Waals surface area contributed by atoms with Crippen LogP contribution in [0.3, 0.4) is 0 Å². The zero-order chi connectivity index (χ0) is 14.4. The molecule has 1 heterocycles. The van der Waals surface area contributed by atoms with Gasteiger partial charge in [0.25, 0.3) is 5.69 Å². The van der Waals surface area contributed by atoms with Crippen molar-refractivity contribution in [2.75, 3.05) is 26.2 Å². The summed E-state index contributed by atoms with van der Waals surface area (Å²) in [5, 5.41) is 10.6. The molecule has 0 unspecified atom stereocenters. The maximum Gasteiger partial charge on any atom is 0.269 e. The van der Waals surface area contributed by atoms with E-state index >= 15 is 0 Å². The van der Waals surface area contributed by atoms with Crippen molar-refractivity contribution < 1.29 is 4.92 Å². The summed E-state index contributed by atoms with van der Waals surface area (Å²) < 4.78 is 0. The monoisotopic (exact) mass is 349 g/mol. The SMILES string of the molecule is Cl.Cl.NCC1CCN(CCCc2ccc([N+](=O)[O-])cc2)CC1.